The van der Waals surface area contributed by atoms with Crippen molar-refractivity contribution in [3.63, 3.8) is 0 Å². The molecule has 5 nitrogen and oxygen atoms in total. The number of amides is 2. The molecule has 2 aromatic carbocycles. The number of halogens is 2. The van der Waals surface area contributed by atoms with Crippen LogP contribution in [0, 0.1) is 0 Å². The fraction of sp³-hybridized carbons (Fsp3) is 0.364. The molecule has 0 radical (unpaired) electrons. The highest BCUT2D eigenvalue weighted by atomic mass is 35.5. The average molecular weight is 435 g/mol. The summed E-state index contributed by atoms with van der Waals surface area (Å²) in [5, 5.41) is 3.92. The third-order valence-electron chi connectivity index (χ3n) is 5.07. The second-order valence-corrected chi connectivity index (χ2v) is 7.99. The van der Waals surface area contributed by atoms with Crippen LogP contribution in [0.3, 0.4) is 0 Å². The Balaban J connectivity index is 1.67. The molecule has 2 amide bonds. The molecule has 1 aliphatic rings. The van der Waals surface area contributed by atoms with Crippen LogP contribution >= 0.6 is 23.2 Å². The normalized spacial score (nSPS) is 14.3. The highest BCUT2D eigenvalue weighted by Crippen LogP contribution is 2.28. The maximum atomic E-state index is 12.8. The van der Waals surface area contributed by atoms with Gasteiger partial charge in [0, 0.05) is 18.1 Å². The Morgan fingerprint density at radius 3 is 2.55 bits per heavy atom. The lowest BCUT2D eigenvalue weighted by Gasteiger charge is -2.25. The molecule has 0 atom stereocenters. The van der Waals surface area contributed by atoms with Crippen molar-refractivity contribution in [2.75, 3.05) is 18.6 Å². The summed E-state index contributed by atoms with van der Waals surface area (Å²) in [5.41, 5.74) is 1.01. The highest BCUT2D eigenvalue weighted by molar-refractivity contribution is 6.35. The largest absolute Gasteiger partial charge is 0.482 e. The van der Waals surface area contributed by atoms with Crippen LogP contribution in [-0.2, 0) is 4.79 Å². The second-order valence-electron chi connectivity index (χ2n) is 7.14. The summed E-state index contributed by atoms with van der Waals surface area (Å²) in [6, 6.07) is 12.1. The Bertz CT molecular complexity index is 882. The molecule has 1 saturated carbocycles. The lowest BCUT2D eigenvalue weighted by molar-refractivity contribution is -0.120. The van der Waals surface area contributed by atoms with Crippen molar-refractivity contribution in [2.24, 2.45) is 0 Å². The molecular formula is C22H24Cl2N2O3. The number of hydrogen-bond donors (Lipinski definition) is 1. The van der Waals surface area contributed by atoms with Crippen molar-refractivity contribution in [3.8, 4) is 5.75 Å². The van der Waals surface area contributed by atoms with Crippen LogP contribution in [0.1, 0.15) is 42.5 Å². The van der Waals surface area contributed by atoms with E-state index in [0.717, 1.165) is 25.7 Å². The first-order valence-electron chi connectivity index (χ1n) is 9.70. The number of ether oxygens (including phenoxy) is 1. The molecule has 0 aliphatic heterocycles. The van der Waals surface area contributed by atoms with Gasteiger partial charge >= 0.3 is 0 Å². The van der Waals surface area contributed by atoms with Crippen LogP contribution in [0.5, 0.6) is 5.75 Å². The summed E-state index contributed by atoms with van der Waals surface area (Å²) >= 11 is 12.0. The quantitative estimate of drug-likeness (QED) is 0.687. The Kier molecular flexibility index (Phi) is 7.40. The Hall–Kier alpha value is -2.24. The summed E-state index contributed by atoms with van der Waals surface area (Å²) in [5.74, 6) is -0.0797. The minimum Gasteiger partial charge on any atom is -0.482 e. The topological polar surface area (TPSA) is 58.6 Å². The molecule has 0 unspecified atom stereocenters. The standard InChI is InChI=1S/C22H24Cl2N2O3/c1-26(21(27)14-29-20-12-11-15(23)13-18(20)24)19-10-6-5-9-17(19)22(28)25-16-7-3-2-4-8-16/h5-6,9-13,16H,2-4,7-8,14H2,1H3,(H,25,28). The van der Waals surface area contributed by atoms with Gasteiger partial charge in [0.15, 0.2) is 6.61 Å². The second kappa shape index (κ2) is 9.99. The number of carbonyl (C=O) groups excluding carboxylic acids is 2. The van der Waals surface area contributed by atoms with Crippen LogP contribution in [0.4, 0.5) is 5.69 Å². The monoisotopic (exact) mass is 434 g/mol. The molecule has 7 heteroatoms. The zero-order valence-corrected chi connectivity index (χ0v) is 17.8. The number of benzene rings is 2. The zero-order valence-electron chi connectivity index (χ0n) is 16.3. The summed E-state index contributed by atoms with van der Waals surface area (Å²) < 4.78 is 5.54. The van der Waals surface area contributed by atoms with E-state index in [1.54, 1.807) is 49.5 Å². The Morgan fingerprint density at radius 2 is 1.83 bits per heavy atom. The molecule has 3 rings (SSSR count). The fourth-order valence-electron chi connectivity index (χ4n) is 3.43. The predicted molar refractivity (Wildman–Crippen MR) is 116 cm³/mol. The minimum atomic E-state index is -0.297. The maximum Gasteiger partial charge on any atom is 0.264 e. The van der Waals surface area contributed by atoms with E-state index in [-0.39, 0.29) is 24.5 Å². The van der Waals surface area contributed by atoms with E-state index in [0.29, 0.717) is 27.0 Å². The first-order valence-corrected chi connectivity index (χ1v) is 10.5. The summed E-state index contributed by atoms with van der Waals surface area (Å²) in [4.78, 5) is 26.9. The summed E-state index contributed by atoms with van der Waals surface area (Å²) in [6.45, 7) is -0.212. The molecule has 2 aromatic rings. The van der Waals surface area contributed by atoms with Crippen LogP contribution in [0.2, 0.25) is 10.0 Å². The fourth-order valence-corrected chi connectivity index (χ4v) is 3.89. The van der Waals surface area contributed by atoms with E-state index >= 15 is 0 Å². The molecule has 29 heavy (non-hydrogen) atoms. The van der Waals surface area contributed by atoms with Gasteiger partial charge in [0.25, 0.3) is 11.8 Å². The molecule has 0 aromatic heterocycles. The number of likely N-dealkylation sites (N-methyl/N-ethyl adjacent to an activating group) is 1. The van der Waals surface area contributed by atoms with E-state index in [9.17, 15) is 9.59 Å². The first-order chi connectivity index (χ1) is 14.0. The molecule has 0 heterocycles. The molecule has 1 aliphatic carbocycles. The maximum absolute atomic E-state index is 12.8. The summed E-state index contributed by atoms with van der Waals surface area (Å²) in [6.07, 6.45) is 5.49. The number of nitrogens with zero attached hydrogens (tertiary/aromatic N) is 1. The van der Waals surface area contributed by atoms with E-state index in [1.165, 1.54) is 11.3 Å². The Morgan fingerprint density at radius 1 is 1.10 bits per heavy atom. The summed E-state index contributed by atoms with van der Waals surface area (Å²) in [7, 11) is 1.63. The van der Waals surface area contributed by atoms with Gasteiger partial charge in [-0.3, -0.25) is 9.59 Å². The first kappa shape index (κ1) is 21.5. The zero-order chi connectivity index (χ0) is 20.8. The number of rotatable bonds is 6. The SMILES string of the molecule is CN(C(=O)COc1ccc(Cl)cc1Cl)c1ccccc1C(=O)NC1CCCCC1. The minimum absolute atomic E-state index is 0.159. The molecular weight excluding hydrogens is 411 g/mol. The van der Waals surface area contributed by atoms with Crippen molar-refractivity contribution >= 4 is 40.7 Å². The molecule has 154 valence electrons. The van der Waals surface area contributed by atoms with E-state index in [1.807, 2.05) is 0 Å². The number of anilines is 1. The van der Waals surface area contributed by atoms with E-state index in [2.05, 4.69) is 5.32 Å². The van der Waals surface area contributed by atoms with Crippen LogP contribution < -0.4 is 15.0 Å². The van der Waals surface area contributed by atoms with Gasteiger partial charge in [-0.05, 0) is 43.2 Å². The van der Waals surface area contributed by atoms with E-state index < -0.39 is 0 Å². The van der Waals surface area contributed by atoms with Gasteiger partial charge < -0.3 is 15.0 Å². The van der Waals surface area contributed by atoms with Crippen LogP contribution in [0.15, 0.2) is 42.5 Å². The van der Waals surface area contributed by atoms with Gasteiger partial charge in [0.1, 0.15) is 5.75 Å². The van der Waals surface area contributed by atoms with Gasteiger partial charge in [-0.2, -0.15) is 0 Å². The molecule has 1 fully saturated rings. The lowest BCUT2D eigenvalue weighted by atomic mass is 9.95. The third kappa shape index (κ3) is 5.64. The smallest absolute Gasteiger partial charge is 0.264 e. The number of hydrogen-bond acceptors (Lipinski definition) is 3. The van der Waals surface area contributed by atoms with E-state index in [4.69, 9.17) is 27.9 Å². The molecule has 0 bridgehead atoms. The predicted octanol–water partition coefficient (Wildman–Crippen LogP) is 5.10. The Labute approximate surface area is 180 Å². The van der Waals surface area contributed by atoms with Gasteiger partial charge in [0.2, 0.25) is 0 Å². The van der Waals surface area contributed by atoms with Gasteiger partial charge in [-0.1, -0.05) is 54.6 Å². The van der Waals surface area contributed by atoms with Crippen molar-refractivity contribution in [2.45, 2.75) is 38.1 Å². The van der Waals surface area contributed by atoms with Gasteiger partial charge in [-0.15, -0.1) is 0 Å². The molecule has 0 saturated heterocycles. The van der Waals surface area contributed by atoms with Gasteiger partial charge in [0.05, 0.1) is 16.3 Å². The molecule has 0 spiro atoms. The van der Waals surface area contributed by atoms with Crippen LogP contribution in [-0.4, -0.2) is 31.5 Å². The lowest BCUT2D eigenvalue weighted by Crippen LogP contribution is -2.38. The molecule has 1 N–H and O–H groups in total. The highest BCUT2D eigenvalue weighted by Gasteiger charge is 2.22. The van der Waals surface area contributed by atoms with Gasteiger partial charge in [-0.25, -0.2) is 0 Å². The number of carbonyl (C=O) groups is 2. The van der Waals surface area contributed by atoms with Crippen molar-refractivity contribution in [1.82, 2.24) is 5.32 Å². The van der Waals surface area contributed by atoms with Crippen molar-refractivity contribution in [3.05, 3.63) is 58.1 Å². The number of nitrogens with one attached hydrogen (secondary N) is 1. The van der Waals surface area contributed by atoms with Crippen molar-refractivity contribution < 1.29 is 14.3 Å². The van der Waals surface area contributed by atoms with Crippen LogP contribution in [0.25, 0.3) is 0 Å². The number of para-hydroxylation sites is 1. The average Bonchev–Trinajstić information content (AvgIpc) is 2.73. The van der Waals surface area contributed by atoms with Crippen molar-refractivity contribution in [1.29, 1.82) is 0 Å². The third-order valence-corrected chi connectivity index (χ3v) is 5.60.